The molecule has 3 N–H and O–H groups in total. The van der Waals surface area contributed by atoms with Gasteiger partial charge in [0.2, 0.25) is 0 Å². The van der Waals surface area contributed by atoms with E-state index in [1.54, 1.807) is 23.5 Å². The molecular formula is C23H25FN3OS+. The van der Waals surface area contributed by atoms with Gasteiger partial charge >= 0.3 is 0 Å². The second kappa shape index (κ2) is 9.20. The number of carbonyl (C=O) groups is 1. The Morgan fingerprint density at radius 2 is 1.79 bits per heavy atom. The van der Waals surface area contributed by atoms with E-state index >= 15 is 0 Å². The Labute approximate surface area is 174 Å². The van der Waals surface area contributed by atoms with Crippen LogP contribution in [0.5, 0.6) is 0 Å². The molecule has 29 heavy (non-hydrogen) atoms. The summed E-state index contributed by atoms with van der Waals surface area (Å²) in [4.78, 5) is 16.0. The third kappa shape index (κ3) is 5.02. The van der Waals surface area contributed by atoms with E-state index in [2.05, 4.69) is 22.3 Å². The lowest BCUT2D eigenvalue weighted by Gasteiger charge is -2.18. The van der Waals surface area contributed by atoms with E-state index < -0.39 is 0 Å². The van der Waals surface area contributed by atoms with Crippen molar-refractivity contribution < 1.29 is 14.5 Å². The number of nitrogens with one attached hydrogen (secondary N) is 1. The Bertz CT molecular complexity index is 920. The Hall–Kier alpha value is -2.70. The zero-order valence-corrected chi connectivity index (χ0v) is 17.0. The van der Waals surface area contributed by atoms with E-state index in [-0.39, 0.29) is 24.3 Å². The normalized spacial score (nSPS) is 14.7. The summed E-state index contributed by atoms with van der Waals surface area (Å²) >= 11 is 1.64. The molecule has 1 aliphatic rings. The van der Waals surface area contributed by atoms with Crippen LogP contribution in [0.2, 0.25) is 0 Å². The van der Waals surface area contributed by atoms with Crippen LogP contribution in [0.25, 0.3) is 0 Å². The summed E-state index contributed by atoms with van der Waals surface area (Å²) in [6.45, 7) is 2.50. The lowest BCUT2D eigenvalue weighted by atomic mass is 10.1. The third-order valence-corrected chi connectivity index (χ3v) is 6.20. The van der Waals surface area contributed by atoms with Crippen LogP contribution in [0.15, 0.2) is 66.0 Å². The number of anilines is 2. The van der Waals surface area contributed by atoms with Crippen molar-refractivity contribution in [3.8, 4) is 0 Å². The standard InChI is InChI=1S/C23H24FN3OS/c24-18-7-5-17(6-8-18)23(21-4-3-15-29-21)25-16-22(28)26-19-9-11-20(12-10-19)27-13-1-2-14-27/h3-12,15,23,25H,1-2,13-14,16H2,(H,26,28)/p+1/t23-/m0/s1. The molecule has 3 aromatic rings. The molecular weight excluding hydrogens is 385 g/mol. The molecule has 150 valence electrons. The van der Waals surface area contributed by atoms with Crippen LogP contribution in [-0.4, -0.2) is 25.5 Å². The minimum absolute atomic E-state index is 0.0288. The summed E-state index contributed by atoms with van der Waals surface area (Å²) in [7, 11) is 0. The van der Waals surface area contributed by atoms with E-state index in [4.69, 9.17) is 0 Å². The molecule has 1 saturated heterocycles. The summed E-state index contributed by atoms with van der Waals surface area (Å²) in [5.74, 6) is -0.309. The number of nitrogens with two attached hydrogens (primary N) is 1. The zero-order valence-electron chi connectivity index (χ0n) is 16.2. The highest BCUT2D eigenvalue weighted by Gasteiger charge is 2.20. The van der Waals surface area contributed by atoms with Gasteiger partial charge in [0.05, 0.1) is 4.88 Å². The molecule has 2 heterocycles. The quantitative estimate of drug-likeness (QED) is 0.623. The minimum Gasteiger partial charge on any atom is -0.372 e. The first-order chi connectivity index (χ1) is 14.2. The van der Waals surface area contributed by atoms with E-state index in [0.29, 0.717) is 0 Å². The zero-order chi connectivity index (χ0) is 20.1. The van der Waals surface area contributed by atoms with Crippen molar-refractivity contribution >= 4 is 28.6 Å². The number of quaternary nitrogens is 1. The van der Waals surface area contributed by atoms with E-state index in [9.17, 15) is 9.18 Å². The van der Waals surface area contributed by atoms with Crippen LogP contribution in [0.4, 0.5) is 15.8 Å². The number of nitrogens with zero attached hydrogens (tertiary/aromatic N) is 1. The summed E-state index contributed by atoms with van der Waals surface area (Å²) in [6, 6.07) is 18.6. The van der Waals surface area contributed by atoms with Gasteiger partial charge in [0.15, 0.2) is 6.54 Å². The van der Waals surface area contributed by atoms with Gasteiger partial charge < -0.3 is 15.5 Å². The molecule has 1 aromatic heterocycles. The van der Waals surface area contributed by atoms with Gasteiger partial charge in [-0.25, -0.2) is 4.39 Å². The monoisotopic (exact) mass is 410 g/mol. The molecule has 0 unspecified atom stereocenters. The number of halogens is 1. The highest BCUT2D eigenvalue weighted by atomic mass is 32.1. The average Bonchev–Trinajstić information content (AvgIpc) is 3.44. The van der Waals surface area contributed by atoms with Gasteiger partial charge in [-0.1, -0.05) is 6.07 Å². The summed E-state index contributed by atoms with van der Waals surface area (Å²) in [6.07, 6.45) is 2.49. The minimum atomic E-state index is -0.256. The van der Waals surface area contributed by atoms with Crippen molar-refractivity contribution in [2.24, 2.45) is 0 Å². The van der Waals surface area contributed by atoms with Crippen molar-refractivity contribution in [2.75, 3.05) is 29.9 Å². The number of thiophene rings is 1. The molecule has 0 spiro atoms. The van der Waals surface area contributed by atoms with Crippen LogP contribution in [0.1, 0.15) is 29.3 Å². The lowest BCUT2D eigenvalue weighted by molar-refractivity contribution is -0.675. The van der Waals surface area contributed by atoms with Gasteiger partial charge in [0.25, 0.3) is 5.91 Å². The number of hydrogen-bond acceptors (Lipinski definition) is 3. The summed E-state index contributed by atoms with van der Waals surface area (Å²) in [5.41, 5.74) is 3.00. The SMILES string of the molecule is O=C(C[NH2+][C@@H](c1ccc(F)cc1)c1cccs1)Nc1ccc(N2CCCC2)cc1. The number of hydrogen-bond donors (Lipinski definition) is 2. The van der Waals surface area contributed by atoms with Gasteiger partial charge in [0, 0.05) is 30.0 Å². The number of rotatable bonds is 7. The molecule has 1 aliphatic heterocycles. The first kappa shape index (κ1) is 19.6. The fourth-order valence-corrected chi connectivity index (χ4v) is 4.57. The van der Waals surface area contributed by atoms with Crippen LogP contribution in [0.3, 0.4) is 0 Å². The van der Waals surface area contributed by atoms with Crippen molar-refractivity contribution in [2.45, 2.75) is 18.9 Å². The van der Waals surface area contributed by atoms with Crippen LogP contribution in [-0.2, 0) is 4.79 Å². The largest absolute Gasteiger partial charge is 0.372 e. The smallest absolute Gasteiger partial charge is 0.279 e. The van der Waals surface area contributed by atoms with E-state index in [1.807, 2.05) is 35.0 Å². The van der Waals surface area contributed by atoms with Gasteiger partial charge in [-0.3, -0.25) is 4.79 Å². The lowest BCUT2D eigenvalue weighted by Crippen LogP contribution is -2.87. The summed E-state index contributed by atoms with van der Waals surface area (Å²) < 4.78 is 13.3. The fourth-order valence-electron chi connectivity index (χ4n) is 3.72. The highest BCUT2D eigenvalue weighted by Crippen LogP contribution is 2.23. The van der Waals surface area contributed by atoms with Crippen molar-refractivity contribution in [3.05, 3.63) is 82.3 Å². The van der Waals surface area contributed by atoms with Crippen LogP contribution >= 0.6 is 11.3 Å². The van der Waals surface area contributed by atoms with Crippen molar-refractivity contribution in [1.29, 1.82) is 0 Å². The van der Waals surface area contributed by atoms with E-state index in [0.717, 1.165) is 29.2 Å². The fraction of sp³-hybridized carbons (Fsp3) is 0.261. The molecule has 0 radical (unpaired) electrons. The van der Waals surface area contributed by atoms with Crippen molar-refractivity contribution in [1.82, 2.24) is 0 Å². The Morgan fingerprint density at radius 1 is 1.07 bits per heavy atom. The predicted octanol–water partition coefficient (Wildman–Crippen LogP) is 3.78. The van der Waals surface area contributed by atoms with Gasteiger partial charge in [-0.2, -0.15) is 0 Å². The number of amides is 1. The molecule has 4 rings (SSSR count). The predicted molar refractivity (Wildman–Crippen MR) is 116 cm³/mol. The third-order valence-electron chi connectivity index (χ3n) is 5.24. The number of benzene rings is 2. The maximum Gasteiger partial charge on any atom is 0.279 e. The molecule has 2 aromatic carbocycles. The summed E-state index contributed by atoms with van der Waals surface area (Å²) in [5, 5.41) is 6.98. The average molecular weight is 411 g/mol. The molecule has 4 nitrogen and oxygen atoms in total. The number of carbonyl (C=O) groups excluding carboxylic acids is 1. The first-order valence-corrected chi connectivity index (χ1v) is 10.8. The molecule has 1 atom stereocenters. The molecule has 6 heteroatoms. The molecule has 0 aliphatic carbocycles. The maximum atomic E-state index is 13.3. The second-order valence-corrected chi connectivity index (χ2v) is 8.25. The molecule has 1 fully saturated rings. The van der Waals surface area contributed by atoms with Gasteiger partial charge in [-0.15, -0.1) is 11.3 Å². The Kier molecular flexibility index (Phi) is 6.22. The van der Waals surface area contributed by atoms with Gasteiger partial charge in [-0.05, 0) is 72.8 Å². The van der Waals surface area contributed by atoms with Crippen LogP contribution < -0.4 is 15.5 Å². The molecule has 0 bridgehead atoms. The Balaban J connectivity index is 1.37. The van der Waals surface area contributed by atoms with E-state index in [1.165, 1.54) is 30.7 Å². The van der Waals surface area contributed by atoms with Gasteiger partial charge in [0.1, 0.15) is 11.9 Å². The molecule has 1 amide bonds. The Morgan fingerprint density at radius 3 is 2.45 bits per heavy atom. The highest BCUT2D eigenvalue weighted by molar-refractivity contribution is 7.10. The first-order valence-electron chi connectivity index (χ1n) is 9.96. The van der Waals surface area contributed by atoms with Crippen molar-refractivity contribution in [3.63, 3.8) is 0 Å². The topological polar surface area (TPSA) is 49.0 Å². The van der Waals surface area contributed by atoms with Crippen LogP contribution in [0, 0.1) is 5.82 Å². The maximum absolute atomic E-state index is 13.3. The molecule has 0 saturated carbocycles. The second-order valence-electron chi connectivity index (χ2n) is 7.27.